The number of benzene rings is 1. The van der Waals surface area contributed by atoms with E-state index < -0.39 is 0 Å². The third-order valence-corrected chi connectivity index (χ3v) is 3.48. The molecule has 0 unspecified atom stereocenters. The van der Waals surface area contributed by atoms with E-state index in [-0.39, 0.29) is 25.2 Å². The molecule has 1 aliphatic heterocycles. The van der Waals surface area contributed by atoms with Crippen LogP contribution in [-0.2, 0) is 20.9 Å². The Kier molecular flexibility index (Phi) is 6.22. The van der Waals surface area contributed by atoms with Crippen molar-refractivity contribution in [2.24, 2.45) is 0 Å². The lowest BCUT2D eigenvalue weighted by Gasteiger charge is -2.20. The lowest BCUT2D eigenvalue weighted by Crippen LogP contribution is -2.40. The maximum atomic E-state index is 12.0. The summed E-state index contributed by atoms with van der Waals surface area (Å²) in [5.41, 5.74) is 0.913. The summed E-state index contributed by atoms with van der Waals surface area (Å²) in [4.78, 5) is 25.1. The number of nitrogens with zero attached hydrogens (tertiary/aromatic N) is 1. The first kappa shape index (κ1) is 17.1. The van der Waals surface area contributed by atoms with Crippen LogP contribution >= 0.6 is 0 Å². The van der Waals surface area contributed by atoms with Gasteiger partial charge in [-0.2, -0.15) is 0 Å². The van der Waals surface area contributed by atoms with E-state index >= 15 is 0 Å². The van der Waals surface area contributed by atoms with Gasteiger partial charge in [-0.25, -0.2) is 0 Å². The average molecular weight is 322 g/mol. The van der Waals surface area contributed by atoms with Gasteiger partial charge in [0, 0.05) is 33.7 Å². The highest BCUT2D eigenvalue weighted by atomic mass is 16.7. The third kappa shape index (κ3) is 5.14. The first-order chi connectivity index (χ1) is 11.1. The number of hydrogen-bond acceptors (Lipinski definition) is 5. The molecule has 2 amide bonds. The fourth-order valence-corrected chi connectivity index (χ4v) is 2.23. The largest absolute Gasteiger partial charge is 0.454 e. The molecule has 7 heteroatoms. The molecule has 1 aromatic rings. The van der Waals surface area contributed by atoms with E-state index in [9.17, 15) is 9.59 Å². The maximum Gasteiger partial charge on any atom is 0.239 e. The van der Waals surface area contributed by atoms with E-state index in [4.69, 9.17) is 14.2 Å². The predicted octanol–water partition coefficient (Wildman–Crippen LogP) is 0.916. The van der Waals surface area contributed by atoms with Crippen molar-refractivity contribution in [2.75, 3.05) is 33.6 Å². The number of carbonyl (C=O) groups excluding carboxylic acids is 2. The van der Waals surface area contributed by atoms with E-state index in [0.29, 0.717) is 37.6 Å². The van der Waals surface area contributed by atoms with Crippen molar-refractivity contribution in [2.45, 2.75) is 19.9 Å². The Morgan fingerprint density at radius 2 is 2.09 bits per heavy atom. The summed E-state index contributed by atoms with van der Waals surface area (Å²) < 4.78 is 15.5. The molecule has 1 aromatic carbocycles. The summed E-state index contributed by atoms with van der Waals surface area (Å²) in [6, 6.07) is 5.52. The predicted molar refractivity (Wildman–Crippen MR) is 83.2 cm³/mol. The van der Waals surface area contributed by atoms with Gasteiger partial charge < -0.3 is 24.4 Å². The van der Waals surface area contributed by atoms with Gasteiger partial charge in [0.2, 0.25) is 18.6 Å². The molecule has 126 valence electrons. The molecule has 0 saturated carbocycles. The molecule has 0 radical (unpaired) electrons. The Morgan fingerprint density at radius 3 is 2.83 bits per heavy atom. The lowest BCUT2D eigenvalue weighted by atomic mass is 10.2. The van der Waals surface area contributed by atoms with E-state index in [2.05, 4.69) is 5.32 Å². The van der Waals surface area contributed by atoms with Crippen LogP contribution in [0.15, 0.2) is 18.2 Å². The zero-order valence-electron chi connectivity index (χ0n) is 13.5. The minimum atomic E-state index is -0.199. The molecule has 0 fully saturated rings. The Labute approximate surface area is 135 Å². The second-order valence-corrected chi connectivity index (χ2v) is 5.25. The summed E-state index contributed by atoms with van der Waals surface area (Å²) in [6.07, 6.45) is 0.700. The molecule has 0 spiro atoms. The number of rotatable bonds is 8. The van der Waals surface area contributed by atoms with Crippen molar-refractivity contribution in [1.82, 2.24) is 10.2 Å². The van der Waals surface area contributed by atoms with Gasteiger partial charge >= 0.3 is 0 Å². The van der Waals surface area contributed by atoms with Gasteiger partial charge in [-0.1, -0.05) is 6.07 Å². The van der Waals surface area contributed by atoms with Crippen LogP contribution in [0.25, 0.3) is 0 Å². The Balaban J connectivity index is 1.80. The van der Waals surface area contributed by atoms with E-state index in [0.717, 1.165) is 5.56 Å². The molecule has 1 N–H and O–H groups in total. The highest BCUT2D eigenvalue weighted by molar-refractivity contribution is 5.83. The van der Waals surface area contributed by atoms with E-state index in [1.807, 2.05) is 18.2 Å². The molecule has 0 atom stereocenters. The highest BCUT2D eigenvalue weighted by Gasteiger charge is 2.15. The van der Waals surface area contributed by atoms with Crippen molar-refractivity contribution < 1.29 is 23.8 Å². The normalized spacial score (nSPS) is 12.1. The van der Waals surface area contributed by atoms with E-state index in [1.165, 1.54) is 11.8 Å². The van der Waals surface area contributed by atoms with Gasteiger partial charge in [-0.15, -0.1) is 0 Å². The number of ether oxygens (including phenoxy) is 3. The topological polar surface area (TPSA) is 77.1 Å². The molecule has 0 saturated heterocycles. The Morgan fingerprint density at radius 1 is 1.30 bits per heavy atom. The van der Waals surface area contributed by atoms with E-state index in [1.54, 1.807) is 7.11 Å². The van der Waals surface area contributed by atoms with Crippen LogP contribution in [0.3, 0.4) is 0 Å². The standard InChI is InChI=1S/C16H22N2O5/c1-12(19)18(6-3-7-21-2)10-16(20)17-9-13-4-5-14-15(8-13)23-11-22-14/h4-5,8H,3,6-7,9-11H2,1-2H3,(H,17,20). The molecule has 23 heavy (non-hydrogen) atoms. The van der Waals surface area contributed by atoms with Crippen molar-refractivity contribution >= 4 is 11.8 Å². The highest BCUT2D eigenvalue weighted by Crippen LogP contribution is 2.32. The molecule has 2 rings (SSSR count). The SMILES string of the molecule is COCCCN(CC(=O)NCc1ccc2c(c1)OCO2)C(C)=O. The first-order valence-corrected chi connectivity index (χ1v) is 7.50. The Bertz CT molecular complexity index is 561. The van der Waals surface area contributed by atoms with Gasteiger partial charge in [-0.05, 0) is 24.1 Å². The van der Waals surface area contributed by atoms with Crippen molar-refractivity contribution in [3.8, 4) is 11.5 Å². The third-order valence-electron chi connectivity index (χ3n) is 3.48. The second kappa shape index (κ2) is 8.38. The Hall–Kier alpha value is -2.28. The van der Waals surface area contributed by atoms with Gasteiger partial charge in [0.1, 0.15) is 0 Å². The van der Waals surface area contributed by atoms with Crippen molar-refractivity contribution in [3.63, 3.8) is 0 Å². The summed E-state index contributed by atoms with van der Waals surface area (Å²) in [5.74, 6) is 1.07. The molecular formula is C16H22N2O5. The fraction of sp³-hybridized carbons (Fsp3) is 0.500. The number of nitrogens with one attached hydrogen (secondary N) is 1. The molecule has 7 nitrogen and oxygen atoms in total. The summed E-state index contributed by atoms with van der Waals surface area (Å²) >= 11 is 0. The smallest absolute Gasteiger partial charge is 0.239 e. The van der Waals surface area contributed by atoms with Crippen LogP contribution in [0.5, 0.6) is 11.5 Å². The maximum absolute atomic E-state index is 12.0. The molecule has 0 aromatic heterocycles. The molecular weight excluding hydrogens is 300 g/mol. The zero-order chi connectivity index (χ0) is 16.7. The summed E-state index contributed by atoms with van der Waals surface area (Å²) in [7, 11) is 1.61. The molecule has 0 aliphatic carbocycles. The molecule has 1 heterocycles. The molecule has 0 bridgehead atoms. The van der Waals surface area contributed by atoms with Crippen LogP contribution in [0.4, 0.5) is 0 Å². The number of fused-ring (bicyclic) bond motifs is 1. The lowest BCUT2D eigenvalue weighted by molar-refractivity contribution is -0.134. The number of methoxy groups -OCH3 is 1. The minimum Gasteiger partial charge on any atom is -0.454 e. The van der Waals surface area contributed by atoms with Crippen LogP contribution in [-0.4, -0.2) is 50.3 Å². The fourth-order valence-electron chi connectivity index (χ4n) is 2.23. The summed E-state index contributed by atoms with van der Waals surface area (Å²) in [6.45, 7) is 3.16. The summed E-state index contributed by atoms with van der Waals surface area (Å²) in [5, 5.41) is 2.81. The van der Waals surface area contributed by atoms with Crippen LogP contribution in [0.2, 0.25) is 0 Å². The molecule has 1 aliphatic rings. The first-order valence-electron chi connectivity index (χ1n) is 7.50. The van der Waals surface area contributed by atoms with Gasteiger partial charge in [0.05, 0.1) is 6.54 Å². The minimum absolute atomic E-state index is 0.0452. The van der Waals surface area contributed by atoms with Crippen LogP contribution in [0.1, 0.15) is 18.9 Å². The average Bonchev–Trinajstić information content (AvgIpc) is 2.99. The monoisotopic (exact) mass is 322 g/mol. The van der Waals surface area contributed by atoms with Crippen molar-refractivity contribution in [1.29, 1.82) is 0 Å². The van der Waals surface area contributed by atoms with Gasteiger partial charge in [0.15, 0.2) is 11.5 Å². The van der Waals surface area contributed by atoms with Crippen molar-refractivity contribution in [3.05, 3.63) is 23.8 Å². The number of carbonyl (C=O) groups is 2. The second-order valence-electron chi connectivity index (χ2n) is 5.25. The zero-order valence-corrected chi connectivity index (χ0v) is 13.5. The van der Waals surface area contributed by atoms with Crippen LogP contribution < -0.4 is 14.8 Å². The number of hydrogen-bond donors (Lipinski definition) is 1. The van der Waals surface area contributed by atoms with Gasteiger partial charge in [-0.3, -0.25) is 9.59 Å². The van der Waals surface area contributed by atoms with Gasteiger partial charge in [0.25, 0.3) is 0 Å². The number of amides is 2. The quantitative estimate of drug-likeness (QED) is 0.720. The van der Waals surface area contributed by atoms with Crippen LogP contribution in [0, 0.1) is 0 Å².